The lowest BCUT2D eigenvalue weighted by Gasteiger charge is -2.10. The zero-order valence-electron chi connectivity index (χ0n) is 15.9. The summed E-state index contributed by atoms with van der Waals surface area (Å²) >= 11 is 12.0. The van der Waals surface area contributed by atoms with Crippen LogP contribution in [0.2, 0.25) is 10.0 Å². The Morgan fingerprint density at radius 2 is 1.81 bits per heavy atom. The normalized spacial score (nSPS) is 14.9. The van der Waals surface area contributed by atoms with Crippen molar-refractivity contribution in [3.8, 4) is 0 Å². The summed E-state index contributed by atoms with van der Waals surface area (Å²) in [6.45, 7) is 0. The molecule has 0 bridgehead atoms. The van der Waals surface area contributed by atoms with E-state index in [2.05, 4.69) is 20.8 Å². The lowest BCUT2D eigenvalue weighted by molar-refractivity contribution is 0.0952. The van der Waals surface area contributed by atoms with E-state index in [1.54, 1.807) is 60.7 Å². The Balaban J connectivity index is 1.59. The number of benzene rings is 3. The molecule has 31 heavy (non-hydrogen) atoms. The smallest absolute Gasteiger partial charge is 0.351 e. The second-order valence-electron chi connectivity index (χ2n) is 6.48. The van der Waals surface area contributed by atoms with Crippen molar-refractivity contribution >= 4 is 46.9 Å². The maximum Gasteiger partial charge on any atom is 0.430 e. The lowest BCUT2D eigenvalue weighted by atomic mass is 10.1. The van der Waals surface area contributed by atoms with E-state index in [0.29, 0.717) is 37.6 Å². The van der Waals surface area contributed by atoms with E-state index >= 15 is 0 Å². The molecule has 1 heterocycles. The summed E-state index contributed by atoms with van der Waals surface area (Å²) in [4.78, 5) is 26.0. The highest BCUT2D eigenvalue weighted by molar-refractivity contribution is 6.31. The van der Waals surface area contributed by atoms with Crippen LogP contribution in [-0.2, 0) is 4.84 Å². The van der Waals surface area contributed by atoms with Gasteiger partial charge in [-0.25, -0.2) is 9.18 Å². The molecule has 0 saturated carbocycles. The van der Waals surface area contributed by atoms with E-state index in [4.69, 9.17) is 28.0 Å². The molecule has 1 atom stereocenters. The molecule has 0 saturated heterocycles. The Bertz CT molecular complexity index is 1300. The van der Waals surface area contributed by atoms with Gasteiger partial charge in [0.1, 0.15) is 5.82 Å². The topological polar surface area (TPSA) is 75.1 Å². The number of hydrogen-bond acceptors (Lipinski definition) is 5. The SMILES string of the molecule is O=C(Nc1cccc(Cl)c1)ONC1C=NC(c2ccccc2F)=c2cc(Cl)ccc2=N1. The largest absolute Gasteiger partial charge is 0.430 e. The van der Waals surface area contributed by atoms with E-state index in [1.807, 2.05) is 0 Å². The van der Waals surface area contributed by atoms with Gasteiger partial charge >= 0.3 is 6.09 Å². The minimum absolute atomic E-state index is 0.303. The number of carbonyl (C=O) groups excluding carboxylic acids is 1. The van der Waals surface area contributed by atoms with Crippen LogP contribution in [0.3, 0.4) is 0 Å². The van der Waals surface area contributed by atoms with Crippen LogP contribution in [0.1, 0.15) is 5.56 Å². The van der Waals surface area contributed by atoms with Crippen LogP contribution in [0.15, 0.2) is 76.7 Å². The van der Waals surface area contributed by atoms with Crippen molar-refractivity contribution in [3.63, 3.8) is 0 Å². The third kappa shape index (κ3) is 5.08. The predicted octanol–water partition coefficient (Wildman–Crippen LogP) is 4.07. The Morgan fingerprint density at radius 1 is 1.00 bits per heavy atom. The molecule has 1 aliphatic rings. The molecule has 0 aliphatic carbocycles. The maximum absolute atomic E-state index is 14.4. The Kier molecular flexibility index (Phi) is 6.27. The van der Waals surface area contributed by atoms with Crippen molar-refractivity contribution in [2.45, 2.75) is 6.17 Å². The number of nitrogens with one attached hydrogen (secondary N) is 2. The fraction of sp³-hybridized carbons (Fsp3) is 0.0455. The fourth-order valence-corrected chi connectivity index (χ4v) is 3.32. The summed E-state index contributed by atoms with van der Waals surface area (Å²) in [6.07, 6.45) is -0.151. The molecule has 6 nitrogen and oxygen atoms in total. The van der Waals surface area contributed by atoms with E-state index < -0.39 is 18.1 Å². The quantitative estimate of drug-likeness (QED) is 0.580. The first-order valence-corrected chi connectivity index (χ1v) is 9.91. The predicted molar refractivity (Wildman–Crippen MR) is 118 cm³/mol. The minimum Gasteiger partial charge on any atom is -0.351 e. The van der Waals surface area contributed by atoms with Crippen molar-refractivity contribution in [1.29, 1.82) is 0 Å². The Morgan fingerprint density at radius 3 is 2.61 bits per heavy atom. The van der Waals surface area contributed by atoms with Crippen molar-refractivity contribution in [1.82, 2.24) is 5.48 Å². The summed E-state index contributed by atoms with van der Waals surface area (Å²) in [7, 11) is 0. The molecule has 1 amide bonds. The van der Waals surface area contributed by atoms with Gasteiger partial charge < -0.3 is 4.84 Å². The van der Waals surface area contributed by atoms with Crippen LogP contribution in [0.4, 0.5) is 14.9 Å². The molecular formula is C22H15Cl2FN4O2. The third-order valence-corrected chi connectivity index (χ3v) is 4.78. The highest BCUT2D eigenvalue weighted by atomic mass is 35.5. The second-order valence-corrected chi connectivity index (χ2v) is 7.36. The first kappa shape index (κ1) is 21.0. The number of rotatable bonds is 4. The molecule has 156 valence electrons. The third-order valence-electron chi connectivity index (χ3n) is 4.31. The second kappa shape index (κ2) is 9.26. The van der Waals surface area contributed by atoms with Gasteiger partial charge in [0.05, 0.1) is 11.1 Å². The van der Waals surface area contributed by atoms with Crippen LogP contribution in [0.25, 0.3) is 5.70 Å². The van der Waals surface area contributed by atoms with Gasteiger partial charge in [-0.2, -0.15) is 0 Å². The fourth-order valence-electron chi connectivity index (χ4n) is 2.96. The van der Waals surface area contributed by atoms with Gasteiger partial charge in [0.25, 0.3) is 0 Å². The van der Waals surface area contributed by atoms with Crippen LogP contribution in [0.5, 0.6) is 0 Å². The average molecular weight is 457 g/mol. The molecule has 0 fully saturated rings. The molecular weight excluding hydrogens is 442 g/mol. The van der Waals surface area contributed by atoms with E-state index in [-0.39, 0.29) is 0 Å². The summed E-state index contributed by atoms with van der Waals surface area (Å²) < 4.78 is 14.4. The zero-order valence-corrected chi connectivity index (χ0v) is 17.4. The first-order valence-electron chi connectivity index (χ1n) is 9.15. The molecule has 1 aliphatic heterocycles. The minimum atomic E-state index is -0.811. The van der Waals surface area contributed by atoms with Gasteiger partial charge in [-0.3, -0.25) is 15.3 Å². The van der Waals surface area contributed by atoms with Gasteiger partial charge in [0.15, 0.2) is 6.17 Å². The zero-order chi connectivity index (χ0) is 21.8. The van der Waals surface area contributed by atoms with Crippen LogP contribution in [0, 0.1) is 5.82 Å². The van der Waals surface area contributed by atoms with Crippen molar-refractivity contribution in [2.75, 3.05) is 5.32 Å². The molecule has 0 aromatic heterocycles. The molecule has 0 spiro atoms. The number of amides is 1. The summed E-state index contributed by atoms with van der Waals surface area (Å²) in [6, 6.07) is 17.9. The van der Waals surface area contributed by atoms with Crippen molar-refractivity contribution < 1.29 is 14.0 Å². The van der Waals surface area contributed by atoms with Crippen molar-refractivity contribution in [3.05, 3.63) is 98.7 Å². The molecule has 1 unspecified atom stereocenters. The highest BCUT2D eigenvalue weighted by Crippen LogP contribution is 2.18. The van der Waals surface area contributed by atoms with Crippen LogP contribution >= 0.6 is 23.2 Å². The van der Waals surface area contributed by atoms with Crippen molar-refractivity contribution in [2.24, 2.45) is 9.98 Å². The standard InChI is InChI=1S/C22H15Cl2FN4O2/c23-13-4-3-5-15(10-13)27-22(30)31-29-20-12-26-21(16-6-1-2-7-18(16)25)17-11-14(24)8-9-19(17)28-20/h1-12,20,29H,(H,27,30). The number of carbonyl (C=O) groups is 1. The average Bonchev–Trinajstić information content (AvgIpc) is 2.92. The summed E-state index contributed by atoms with van der Waals surface area (Å²) in [5.74, 6) is -0.427. The van der Waals surface area contributed by atoms with Gasteiger partial charge in [-0.15, -0.1) is 5.48 Å². The van der Waals surface area contributed by atoms with E-state index in [0.717, 1.165) is 0 Å². The first-order chi connectivity index (χ1) is 15.0. The van der Waals surface area contributed by atoms with Crippen LogP contribution < -0.4 is 21.4 Å². The molecule has 3 aromatic carbocycles. The lowest BCUT2D eigenvalue weighted by Crippen LogP contribution is -2.36. The number of anilines is 1. The maximum atomic E-state index is 14.4. The van der Waals surface area contributed by atoms with Gasteiger partial charge in [0.2, 0.25) is 0 Å². The highest BCUT2D eigenvalue weighted by Gasteiger charge is 2.15. The molecule has 3 aromatic rings. The van der Waals surface area contributed by atoms with Gasteiger partial charge in [-0.1, -0.05) is 41.4 Å². The number of aliphatic imine (C=N–C) groups is 1. The molecule has 2 N–H and O–H groups in total. The van der Waals surface area contributed by atoms with E-state index in [1.165, 1.54) is 12.3 Å². The number of nitrogens with zero attached hydrogens (tertiary/aromatic N) is 2. The molecule has 9 heteroatoms. The Labute approximate surface area is 186 Å². The molecule has 4 rings (SSSR count). The summed E-state index contributed by atoms with van der Waals surface area (Å²) in [5, 5.41) is 4.54. The van der Waals surface area contributed by atoms with Gasteiger partial charge in [-0.05, 0) is 48.5 Å². The van der Waals surface area contributed by atoms with E-state index in [9.17, 15) is 9.18 Å². The monoisotopic (exact) mass is 456 g/mol. The number of hydroxylamine groups is 1. The van der Waals surface area contributed by atoms with Gasteiger partial charge in [0, 0.05) is 32.7 Å². The number of halogens is 3. The van der Waals surface area contributed by atoms with Crippen LogP contribution in [-0.4, -0.2) is 18.5 Å². The molecule has 0 radical (unpaired) electrons. The Hall–Kier alpha value is -3.26. The number of fused-ring (bicyclic) bond motifs is 1. The summed E-state index contributed by atoms with van der Waals surface area (Å²) in [5.41, 5.74) is 3.68. The number of hydrogen-bond donors (Lipinski definition) is 2.